The molecule has 1 heteroatoms. The maximum absolute atomic E-state index is 3.50. The predicted octanol–water partition coefficient (Wildman–Crippen LogP) is 1.89. The van der Waals surface area contributed by atoms with E-state index in [2.05, 4.69) is 11.9 Å². The zero-order valence-corrected chi connectivity index (χ0v) is 4.86. The van der Waals surface area contributed by atoms with Gasteiger partial charge in [0, 0.05) is 7.12 Å². The Kier molecular flexibility index (Phi) is 3.11. The van der Waals surface area contributed by atoms with Crippen LogP contribution in [0.2, 0.25) is 0 Å². The highest BCUT2D eigenvalue weighted by molar-refractivity contribution is 4.95. The molecule has 1 nitrogen and oxygen atoms in total. The molecule has 0 rings (SSSR count). The second-order valence-electron chi connectivity index (χ2n) is 1.32. The molecule has 0 radical (unpaired) electrons. The number of nitrogens with one attached hydrogen (secondary N) is 1. The maximum Gasteiger partial charge on any atom is 0.00712 e. The van der Waals surface area contributed by atoms with E-state index in [1.54, 1.807) is 6.20 Å². The summed E-state index contributed by atoms with van der Waals surface area (Å²) in [7, 11) is 0. The van der Waals surface area contributed by atoms with Crippen LogP contribution in [0.25, 0.3) is 0 Å². The minimum atomic E-state index is 0. The van der Waals surface area contributed by atoms with Gasteiger partial charge in [0.1, 0.15) is 0 Å². The summed E-state index contributed by atoms with van der Waals surface area (Å²) in [5, 5.41) is 2.92. The van der Waals surface area contributed by atoms with Crippen LogP contribution in [-0.2, 0) is 0 Å². The fourth-order valence-corrected chi connectivity index (χ4v) is 0.244. The molecular formula is C6H13N. The predicted molar refractivity (Wildman–Crippen MR) is 34.9 cm³/mol. The fraction of sp³-hybridized carbons (Fsp3) is 0.333. The smallest absolute Gasteiger partial charge is 0.00712 e. The Morgan fingerprint density at radius 1 is 1.86 bits per heavy atom. The monoisotopic (exact) mass is 99.1 g/mol. The van der Waals surface area contributed by atoms with Gasteiger partial charge in [-0.15, -0.1) is 0 Å². The Labute approximate surface area is 46.2 Å². The molecule has 0 amide bonds. The van der Waals surface area contributed by atoms with Crippen LogP contribution in [0.3, 0.4) is 0 Å². The first-order chi connectivity index (χ1) is 3.31. The summed E-state index contributed by atoms with van der Waals surface area (Å²) < 4.78 is 0. The van der Waals surface area contributed by atoms with E-state index in [0.29, 0.717) is 0 Å². The van der Waals surface area contributed by atoms with Gasteiger partial charge in [0.2, 0.25) is 0 Å². The minimum Gasteiger partial charge on any atom is -0.366 e. The second kappa shape index (κ2) is 3.47. The standard InChI is InChI=1S/C6H11N.H2/c1-4-6(3)7-5-2;/h4-5,7H,2H2,1,3H3;1H/b6-4-;. The van der Waals surface area contributed by atoms with Crippen molar-refractivity contribution in [2.24, 2.45) is 0 Å². The summed E-state index contributed by atoms with van der Waals surface area (Å²) >= 11 is 0. The first-order valence-electron chi connectivity index (χ1n) is 2.31. The van der Waals surface area contributed by atoms with Crippen molar-refractivity contribution in [3.63, 3.8) is 0 Å². The first-order valence-corrected chi connectivity index (χ1v) is 2.31. The number of hydrogen-bond acceptors (Lipinski definition) is 1. The largest absolute Gasteiger partial charge is 0.366 e. The van der Waals surface area contributed by atoms with Gasteiger partial charge in [0.25, 0.3) is 0 Å². The van der Waals surface area contributed by atoms with E-state index in [4.69, 9.17) is 0 Å². The molecule has 0 heterocycles. The molecule has 42 valence electrons. The highest BCUT2D eigenvalue weighted by Crippen LogP contribution is 1.81. The van der Waals surface area contributed by atoms with Gasteiger partial charge in [0.15, 0.2) is 0 Å². The summed E-state index contributed by atoms with van der Waals surface area (Å²) in [6.45, 7) is 7.46. The minimum absolute atomic E-state index is 0. The van der Waals surface area contributed by atoms with Crippen molar-refractivity contribution in [3.8, 4) is 0 Å². The molecule has 0 aromatic carbocycles. The lowest BCUT2D eigenvalue weighted by Crippen LogP contribution is -1.97. The van der Waals surface area contributed by atoms with Crippen molar-refractivity contribution >= 4 is 0 Å². The quantitative estimate of drug-likeness (QED) is 0.557. The van der Waals surface area contributed by atoms with Crippen molar-refractivity contribution < 1.29 is 1.43 Å². The number of rotatable bonds is 2. The Morgan fingerprint density at radius 3 is 2.57 bits per heavy atom. The van der Waals surface area contributed by atoms with E-state index in [0.717, 1.165) is 5.70 Å². The van der Waals surface area contributed by atoms with Gasteiger partial charge in [-0.05, 0) is 20.0 Å². The van der Waals surface area contributed by atoms with E-state index in [9.17, 15) is 0 Å². The van der Waals surface area contributed by atoms with Crippen LogP contribution in [0, 0.1) is 0 Å². The SMILES string of the molecule is C=CN/C(C)=C\C.[HH]. The van der Waals surface area contributed by atoms with Crippen LogP contribution in [0.4, 0.5) is 0 Å². The van der Waals surface area contributed by atoms with Gasteiger partial charge in [-0.3, -0.25) is 0 Å². The molecule has 7 heavy (non-hydrogen) atoms. The summed E-state index contributed by atoms with van der Waals surface area (Å²) in [6.07, 6.45) is 3.65. The summed E-state index contributed by atoms with van der Waals surface area (Å²) in [5.41, 5.74) is 1.13. The zero-order valence-electron chi connectivity index (χ0n) is 4.86. The Bertz CT molecular complexity index is 86.5. The van der Waals surface area contributed by atoms with Gasteiger partial charge in [-0.25, -0.2) is 0 Å². The van der Waals surface area contributed by atoms with E-state index >= 15 is 0 Å². The molecule has 0 aliphatic heterocycles. The van der Waals surface area contributed by atoms with Crippen molar-refractivity contribution in [1.29, 1.82) is 0 Å². The molecule has 0 aromatic rings. The van der Waals surface area contributed by atoms with Gasteiger partial charge < -0.3 is 5.32 Å². The lowest BCUT2D eigenvalue weighted by atomic mass is 10.5. The van der Waals surface area contributed by atoms with Crippen LogP contribution in [-0.4, -0.2) is 0 Å². The third kappa shape index (κ3) is 3.10. The van der Waals surface area contributed by atoms with Crippen LogP contribution in [0.5, 0.6) is 0 Å². The van der Waals surface area contributed by atoms with E-state index in [1.165, 1.54) is 0 Å². The lowest BCUT2D eigenvalue weighted by Gasteiger charge is -1.93. The average molecular weight is 99.2 g/mol. The molecule has 0 saturated heterocycles. The highest BCUT2D eigenvalue weighted by atomic mass is 14.8. The van der Waals surface area contributed by atoms with E-state index in [-0.39, 0.29) is 1.43 Å². The van der Waals surface area contributed by atoms with Crippen LogP contribution in [0.1, 0.15) is 15.3 Å². The molecule has 0 aromatic heterocycles. The first kappa shape index (κ1) is 6.28. The van der Waals surface area contributed by atoms with Gasteiger partial charge in [0.05, 0.1) is 0 Å². The zero-order chi connectivity index (χ0) is 5.70. The maximum atomic E-state index is 3.50. The summed E-state index contributed by atoms with van der Waals surface area (Å²) in [5.74, 6) is 0. The van der Waals surface area contributed by atoms with Crippen LogP contribution >= 0.6 is 0 Å². The molecular weight excluding hydrogens is 86.1 g/mol. The van der Waals surface area contributed by atoms with Gasteiger partial charge in [-0.2, -0.15) is 0 Å². The summed E-state index contributed by atoms with van der Waals surface area (Å²) in [6, 6.07) is 0. The molecule has 0 bridgehead atoms. The van der Waals surface area contributed by atoms with Gasteiger partial charge >= 0.3 is 0 Å². The Morgan fingerprint density at radius 2 is 2.43 bits per heavy atom. The second-order valence-corrected chi connectivity index (χ2v) is 1.32. The molecule has 0 unspecified atom stereocenters. The molecule has 0 saturated carbocycles. The molecule has 0 spiro atoms. The third-order valence-corrected chi connectivity index (χ3v) is 0.763. The Hall–Kier alpha value is -0.720. The molecule has 1 N–H and O–H groups in total. The lowest BCUT2D eigenvalue weighted by molar-refractivity contribution is 1.06. The van der Waals surface area contributed by atoms with Crippen LogP contribution < -0.4 is 5.32 Å². The van der Waals surface area contributed by atoms with E-state index < -0.39 is 0 Å². The van der Waals surface area contributed by atoms with Crippen molar-refractivity contribution in [2.45, 2.75) is 13.8 Å². The number of hydrogen-bond donors (Lipinski definition) is 1. The highest BCUT2D eigenvalue weighted by Gasteiger charge is 1.72. The molecule has 0 aliphatic carbocycles. The van der Waals surface area contributed by atoms with Crippen molar-refractivity contribution in [3.05, 3.63) is 24.6 Å². The Balaban J connectivity index is 0. The van der Waals surface area contributed by atoms with E-state index in [1.807, 2.05) is 19.9 Å². The number of allylic oxidation sites excluding steroid dienone is 2. The van der Waals surface area contributed by atoms with Crippen molar-refractivity contribution in [2.75, 3.05) is 0 Å². The third-order valence-electron chi connectivity index (χ3n) is 0.763. The fourth-order valence-electron chi connectivity index (χ4n) is 0.244. The van der Waals surface area contributed by atoms with Crippen LogP contribution in [0.15, 0.2) is 24.6 Å². The van der Waals surface area contributed by atoms with Crippen molar-refractivity contribution in [1.82, 2.24) is 5.32 Å². The normalized spacial score (nSPS) is 10.9. The average Bonchev–Trinajstić information content (AvgIpc) is 1.68. The van der Waals surface area contributed by atoms with Gasteiger partial charge in [-0.1, -0.05) is 12.7 Å². The summed E-state index contributed by atoms with van der Waals surface area (Å²) in [4.78, 5) is 0. The molecule has 0 atom stereocenters. The molecule has 0 aliphatic rings. The molecule has 0 fully saturated rings. The topological polar surface area (TPSA) is 12.0 Å².